The fraction of sp³-hybridized carbons (Fsp3) is 0.250. The van der Waals surface area contributed by atoms with Crippen molar-refractivity contribution in [2.45, 2.75) is 31.8 Å². The Morgan fingerprint density at radius 1 is 1.07 bits per heavy atom. The second kappa shape index (κ2) is 9.03. The van der Waals surface area contributed by atoms with E-state index in [9.17, 15) is 19.5 Å². The highest BCUT2D eigenvalue weighted by Gasteiger charge is 2.21. The Kier molecular flexibility index (Phi) is 6.26. The van der Waals surface area contributed by atoms with Crippen molar-refractivity contribution in [2.24, 2.45) is 0 Å². The van der Waals surface area contributed by atoms with Crippen molar-refractivity contribution in [1.82, 2.24) is 19.9 Å². The predicted molar refractivity (Wildman–Crippen MR) is 104 cm³/mol. The highest BCUT2D eigenvalue weighted by Crippen LogP contribution is 2.27. The number of amides is 1. The summed E-state index contributed by atoms with van der Waals surface area (Å²) in [6.07, 6.45) is 3.09. The molecule has 0 radical (unpaired) electrons. The molecule has 1 amide bonds. The third-order valence-corrected chi connectivity index (χ3v) is 4.62. The van der Waals surface area contributed by atoms with Crippen LogP contribution in [0.25, 0.3) is 11.4 Å². The molecule has 0 bridgehead atoms. The van der Waals surface area contributed by atoms with Crippen molar-refractivity contribution >= 4 is 17.8 Å². The van der Waals surface area contributed by atoms with E-state index in [1.54, 1.807) is 41.1 Å². The van der Waals surface area contributed by atoms with Gasteiger partial charge in [0, 0.05) is 24.7 Å². The molecule has 30 heavy (non-hydrogen) atoms. The molecular formula is C20H20N4O6. The zero-order valence-corrected chi connectivity index (χ0v) is 15.9. The van der Waals surface area contributed by atoms with Gasteiger partial charge in [-0.3, -0.25) is 9.59 Å². The number of carbonyl (C=O) groups excluding carboxylic acids is 1. The van der Waals surface area contributed by atoms with E-state index >= 15 is 0 Å². The zero-order chi connectivity index (χ0) is 21.7. The lowest BCUT2D eigenvalue weighted by molar-refractivity contribution is -0.140. The van der Waals surface area contributed by atoms with Crippen molar-refractivity contribution in [2.75, 3.05) is 0 Å². The summed E-state index contributed by atoms with van der Waals surface area (Å²) >= 11 is 0. The monoisotopic (exact) mass is 412 g/mol. The summed E-state index contributed by atoms with van der Waals surface area (Å²) in [4.78, 5) is 42.3. The van der Waals surface area contributed by atoms with Gasteiger partial charge in [-0.2, -0.15) is 0 Å². The minimum absolute atomic E-state index is 0.0783. The Morgan fingerprint density at radius 2 is 1.80 bits per heavy atom. The van der Waals surface area contributed by atoms with Gasteiger partial charge in [0.25, 0.3) is 5.91 Å². The summed E-state index contributed by atoms with van der Waals surface area (Å²) in [5, 5.41) is 30.4. The van der Waals surface area contributed by atoms with E-state index in [0.29, 0.717) is 24.4 Å². The molecule has 0 saturated heterocycles. The first kappa shape index (κ1) is 20.8. The normalized spacial score (nSPS) is 11.9. The van der Waals surface area contributed by atoms with Gasteiger partial charge in [-0.25, -0.2) is 14.8 Å². The highest BCUT2D eigenvalue weighted by atomic mass is 16.4. The molecule has 1 atom stereocenters. The molecule has 2 aliphatic heterocycles. The lowest BCUT2D eigenvalue weighted by Crippen LogP contribution is -2.41. The molecule has 0 saturated carbocycles. The fourth-order valence-corrected chi connectivity index (χ4v) is 2.94. The number of nitrogens with one attached hydrogen (secondary N) is 1. The van der Waals surface area contributed by atoms with Gasteiger partial charge in [-0.15, -0.1) is 0 Å². The Bertz CT molecular complexity index is 1030. The second-order valence-electron chi connectivity index (χ2n) is 6.69. The summed E-state index contributed by atoms with van der Waals surface area (Å²) in [6.45, 7) is 0.460. The van der Waals surface area contributed by atoms with Gasteiger partial charge in [0.05, 0.1) is 11.9 Å². The summed E-state index contributed by atoms with van der Waals surface area (Å²) in [7, 11) is 0. The van der Waals surface area contributed by atoms with Gasteiger partial charge >= 0.3 is 11.9 Å². The van der Waals surface area contributed by atoms with Crippen LogP contribution in [0.15, 0.2) is 42.9 Å². The SMILES string of the molecule is O=C(O)CC[C@H](NC(=O)c1ccc(CCn2cnc3nccc-3c2O)cc1)C(=O)O. The average Bonchev–Trinajstić information content (AvgIpc) is 3.20. The summed E-state index contributed by atoms with van der Waals surface area (Å²) < 4.78 is 1.60. The van der Waals surface area contributed by atoms with Crippen LogP contribution in [0.3, 0.4) is 0 Å². The number of aryl methyl sites for hydroxylation is 2. The standard InChI is InChI=1S/C20H20N4O6/c25-16(26)6-5-15(20(29)30)23-18(27)13-3-1-12(2-4-13)8-10-24-11-22-17-14(19(24)28)7-9-21-17/h1-4,7,9,11,15,28H,5-6,8,10H2,(H,23,27)(H,25,26)(H,29,30)/t15-/m0/s1. The number of benzene rings is 1. The molecular weight excluding hydrogens is 392 g/mol. The van der Waals surface area contributed by atoms with Crippen LogP contribution in [0, 0.1) is 0 Å². The van der Waals surface area contributed by atoms with Gasteiger partial charge in [-0.05, 0) is 36.6 Å². The minimum Gasteiger partial charge on any atom is -0.494 e. The average molecular weight is 412 g/mol. The van der Waals surface area contributed by atoms with Gasteiger partial charge in [0.1, 0.15) is 6.04 Å². The zero-order valence-electron chi connectivity index (χ0n) is 15.9. The van der Waals surface area contributed by atoms with E-state index < -0.39 is 23.9 Å². The predicted octanol–water partition coefficient (Wildman–Crippen LogP) is 1.38. The number of carbonyl (C=O) groups is 3. The molecule has 0 aliphatic carbocycles. The molecule has 0 fully saturated rings. The van der Waals surface area contributed by atoms with Crippen LogP contribution < -0.4 is 5.32 Å². The molecule has 1 aromatic carbocycles. The van der Waals surface area contributed by atoms with Crippen molar-refractivity contribution in [3.8, 4) is 17.3 Å². The van der Waals surface area contributed by atoms with Gasteiger partial charge in [-0.1, -0.05) is 12.1 Å². The Labute approximate surface area is 171 Å². The van der Waals surface area contributed by atoms with E-state index in [1.165, 1.54) is 6.33 Å². The topological polar surface area (TPSA) is 155 Å². The Hall–Kier alpha value is -3.95. The number of carboxylic acids is 2. The molecule has 2 aliphatic rings. The number of fused-ring (bicyclic) bond motifs is 1. The van der Waals surface area contributed by atoms with Crippen molar-refractivity contribution in [1.29, 1.82) is 0 Å². The Balaban J connectivity index is 1.60. The fourth-order valence-electron chi connectivity index (χ4n) is 2.94. The minimum atomic E-state index is -1.29. The first-order chi connectivity index (χ1) is 14.3. The maximum Gasteiger partial charge on any atom is 0.326 e. The van der Waals surface area contributed by atoms with E-state index in [0.717, 1.165) is 5.56 Å². The smallest absolute Gasteiger partial charge is 0.326 e. The number of nitrogens with zero attached hydrogens (tertiary/aromatic N) is 3. The summed E-state index contributed by atoms with van der Waals surface area (Å²) in [5.74, 6) is -2.46. The highest BCUT2D eigenvalue weighted by molar-refractivity contribution is 5.96. The maximum atomic E-state index is 12.3. The number of hydrogen-bond acceptors (Lipinski definition) is 6. The molecule has 0 spiro atoms. The Morgan fingerprint density at radius 3 is 2.47 bits per heavy atom. The molecule has 0 aromatic heterocycles. The third kappa shape index (κ3) is 4.90. The van der Waals surface area contributed by atoms with Crippen LogP contribution in [-0.2, 0) is 22.6 Å². The number of carboxylic acid groups (broad SMARTS) is 2. The van der Waals surface area contributed by atoms with Gasteiger partial charge in [0.2, 0.25) is 5.88 Å². The van der Waals surface area contributed by atoms with E-state index in [4.69, 9.17) is 10.2 Å². The molecule has 0 unspecified atom stereocenters. The lowest BCUT2D eigenvalue weighted by Gasteiger charge is -2.14. The van der Waals surface area contributed by atoms with Crippen LogP contribution >= 0.6 is 0 Å². The van der Waals surface area contributed by atoms with Crippen molar-refractivity contribution < 1.29 is 29.7 Å². The number of hydrogen-bond donors (Lipinski definition) is 4. The lowest BCUT2D eigenvalue weighted by atomic mass is 10.1. The van der Waals surface area contributed by atoms with Gasteiger partial charge < -0.3 is 25.2 Å². The molecule has 1 aromatic rings. The first-order valence-electron chi connectivity index (χ1n) is 9.18. The number of rotatable bonds is 9. The molecule has 4 N–H and O–H groups in total. The molecule has 156 valence electrons. The van der Waals surface area contributed by atoms with Crippen LogP contribution in [0.2, 0.25) is 0 Å². The largest absolute Gasteiger partial charge is 0.494 e. The van der Waals surface area contributed by atoms with Crippen LogP contribution in [0.4, 0.5) is 0 Å². The number of aromatic hydroxyl groups is 1. The van der Waals surface area contributed by atoms with Crippen LogP contribution in [0.1, 0.15) is 28.8 Å². The van der Waals surface area contributed by atoms with Crippen LogP contribution in [0.5, 0.6) is 5.88 Å². The molecule has 2 heterocycles. The quantitative estimate of drug-likeness (QED) is 0.411. The maximum absolute atomic E-state index is 12.3. The summed E-state index contributed by atoms with van der Waals surface area (Å²) in [5.41, 5.74) is 1.74. The molecule has 3 rings (SSSR count). The van der Waals surface area contributed by atoms with Gasteiger partial charge in [0.15, 0.2) is 5.82 Å². The number of aliphatic carboxylic acids is 2. The van der Waals surface area contributed by atoms with E-state index in [2.05, 4.69) is 15.3 Å². The van der Waals surface area contributed by atoms with E-state index in [1.807, 2.05) is 0 Å². The molecule has 10 nitrogen and oxygen atoms in total. The van der Waals surface area contributed by atoms with E-state index in [-0.39, 0.29) is 24.3 Å². The number of aromatic nitrogens is 3. The van der Waals surface area contributed by atoms with Crippen molar-refractivity contribution in [3.05, 3.63) is 54.0 Å². The molecule has 10 heteroatoms. The first-order valence-corrected chi connectivity index (χ1v) is 9.18. The third-order valence-electron chi connectivity index (χ3n) is 4.62. The van der Waals surface area contributed by atoms with Crippen molar-refractivity contribution in [3.63, 3.8) is 0 Å². The van der Waals surface area contributed by atoms with Crippen LogP contribution in [-0.4, -0.2) is 53.7 Å². The summed E-state index contributed by atoms with van der Waals surface area (Å²) in [6, 6.07) is 7.00. The second-order valence-corrected chi connectivity index (χ2v) is 6.69.